The first-order valence-electron chi connectivity index (χ1n) is 4.81. The van der Waals surface area contributed by atoms with Crippen LogP contribution in [0.25, 0.3) is 11.1 Å². The van der Waals surface area contributed by atoms with E-state index in [-0.39, 0.29) is 11.4 Å². The predicted molar refractivity (Wildman–Crippen MR) is 60.4 cm³/mol. The second kappa shape index (κ2) is 4.49. The molecule has 78 valence electrons. The van der Waals surface area contributed by atoms with Gasteiger partial charge in [0.05, 0.1) is 0 Å². The van der Waals surface area contributed by atoms with Crippen LogP contribution in [0.4, 0.5) is 0 Å². The van der Waals surface area contributed by atoms with Gasteiger partial charge in [-0.3, -0.25) is 9.59 Å². The molecule has 0 unspecified atom stereocenters. The molecule has 0 saturated heterocycles. The number of nitrogens with zero attached hydrogens (tertiary/aromatic N) is 1. The van der Waals surface area contributed by atoms with Gasteiger partial charge in [-0.25, -0.2) is 4.98 Å². The zero-order valence-corrected chi connectivity index (χ0v) is 8.46. The second-order valence-electron chi connectivity index (χ2n) is 3.31. The molecule has 0 radical (unpaired) electrons. The Balaban J connectivity index is 2.56. The minimum absolute atomic E-state index is 0.267. The lowest BCUT2D eigenvalue weighted by Crippen LogP contribution is -1.94. The normalized spacial score (nSPS) is 9.75. The van der Waals surface area contributed by atoms with Gasteiger partial charge in [-0.05, 0) is 23.3 Å². The van der Waals surface area contributed by atoms with Gasteiger partial charge in [0.1, 0.15) is 11.4 Å². The molecule has 0 aliphatic rings. The maximum atomic E-state index is 10.7. The van der Waals surface area contributed by atoms with E-state index in [4.69, 9.17) is 0 Å². The molecule has 0 spiro atoms. The summed E-state index contributed by atoms with van der Waals surface area (Å²) in [5.74, 6) is 0. The monoisotopic (exact) mass is 211 g/mol. The van der Waals surface area contributed by atoms with Gasteiger partial charge in [0.2, 0.25) is 0 Å². The molecular weight excluding hydrogens is 202 g/mol. The van der Waals surface area contributed by atoms with Crippen molar-refractivity contribution in [3.63, 3.8) is 0 Å². The van der Waals surface area contributed by atoms with Crippen LogP contribution in [0.15, 0.2) is 42.5 Å². The van der Waals surface area contributed by atoms with E-state index in [1.165, 1.54) is 0 Å². The summed E-state index contributed by atoms with van der Waals surface area (Å²) in [6, 6.07) is 12.9. The molecule has 0 N–H and O–H groups in total. The van der Waals surface area contributed by atoms with Crippen LogP contribution in [-0.4, -0.2) is 17.6 Å². The molecular formula is C13H9NO2. The van der Waals surface area contributed by atoms with E-state index < -0.39 is 0 Å². The summed E-state index contributed by atoms with van der Waals surface area (Å²) in [5.41, 5.74) is 2.31. The van der Waals surface area contributed by atoms with Gasteiger partial charge < -0.3 is 0 Å². The lowest BCUT2D eigenvalue weighted by Gasteiger charge is -2.02. The molecule has 0 fully saturated rings. The molecule has 2 rings (SSSR count). The van der Waals surface area contributed by atoms with Crippen molar-refractivity contribution in [2.75, 3.05) is 0 Å². The number of hydrogen-bond acceptors (Lipinski definition) is 3. The summed E-state index contributed by atoms with van der Waals surface area (Å²) in [4.78, 5) is 25.2. The van der Waals surface area contributed by atoms with Gasteiger partial charge >= 0.3 is 0 Å². The van der Waals surface area contributed by atoms with Gasteiger partial charge in [0.15, 0.2) is 12.6 Å². The number of aldehydes is 2. The van der Waals surface area contributed by atoms with Crippen molar-refractivity contribution in [3.8, 4) is 11.1 Å². The lowest BCUT2D eigenvalue weighted by molar-refractivity contribution is 0.111. The van der Waals surface area contributed by atoms with Crippen molar-refractivity contribution in [1.29, 1.82) is 0 Å². The molecule has 1 aromatic heterocycles. The number of aromatic nitrogens is 1. The van der Waals surface area contributed by atoms with Gasteiger partial charge in [-0.1, -0.05) is 30.3 Å². The third-order valence-electron chi connectivity index (χ3n) is 2.21. The maximum Gasteiger partial charge on any atom is 0.168 e. The van der Waals surface area contributed by atoms with Crippen molar-refractivity contribution >= 4 is 12.6 Å². The highest BCUT2D eigenvalue weighted by molar-refractivity contribution is 5.82. The van der Waals surface area contributed by atoms with E-state index >= 15 is 0 Å². The fourth-order valence-corrected chi connectivity index (χ4v) is 1.49. The summed E-state index contributed by atoms with van der Waals surface area (Å²) < 4.78 is 0. The van der Waals surface area contributed by atoms with Crippen LogP contribution in [0, 0.1) is 0 Å². The van der Waals surface area contributed by atoms with Crippen molar-refractivity contribution in [1.82, 2.24) is 4.98 Å². The van der Waals surface area contributed by atoms with E-state index in [9.17, 15) is 9.59 Å². The van der Waals surface area contributed by atoms with Crippen LogP contribution >= 0.6 is 0 Å². The number of hydrogen-bond donors (Lipinski definition) is 0. The van der Waals surface area contributed by atoms with Crippen LogP contribution in [-0.2, 0) is 0 Å². The number of benzene rings is 1. The fraction of sp³-hybridized carbons (Fsp3) is 0. The zero-order chi connectivity index (χ0) is 11.4. The van der Waals surface area contributed by atoms with Crippen LogP contribution in [0.5, 0.6) is 0 Å². The van der Waals surface area contributed by atoms with Crippen LogP contribution < -0.4 is 0 Å². The SMILES string of the molecule is O=Cc1cc(-c2ccccc2)cc(C=O)n1. The average Bonchev–Trinajstić information content (AvgIpc) is 2.39. The molecule has 0 aliphatic carbocycles. The molecule has 16 heavy (non-hydrogen) atoms. The van der Waals surface area contributed by atoms with Crippen molar-refractivity contribution in [2.24, 2.45) is 0 Å². The van der Waals surface area contributed by atoms with E-state index in [1.807, 2.05) is 30.3 Å². The Labute approximate surface area is 92.8 Å². The maximum absolute atomic E-state index is 10.7. The first-order valence-corrected chi connectivity index (χ1v) is 4.81. The number of rotatable bonds is 3. The summed E-state index contributed by atoms with van der Waals surface area (Å²) in [6.45, 7) is 0. The molecule has 2 aromatic rings. The van der Waals surface area contributed by atoms with Crippen molar-refractivity contribution < 1.29 is 9.59 Å². The second-order valence-corrected chi connectivity index (χ2v) is 3.31. The van der Waals surface area contributed by atoms with Crippen molar-refractivity contribution in [3.05, 3.63) is 53.9 Å². The minimum Gasteiger partial charge on any atom is -0.296 e. The highest BCUT2D eigenvalue weighted by atomic mass is 16.1. The quantitative estimate of drug-likeness (QED) is 0.732. The molecule has 3 nitrogen and oxygen atoms in total. The Morgan fingerprint density at radius 2 is 1.38 bits per heavy atom. The van der Waals surface area contributed by atoms with E-state index in [0.717, 1.165) is 11.1 Å². The third kappa shape index (κ3) is 2.03. The van der Waals surface area contributed by atoms with Crippen molar-refractivity contribution in [2.45, 2.75) is 0 Å². The predicted octanol–water partition coefficient (Wildman–Crippen LogP) is 2.37. The topological polar surface area (TPSA) is 47.0 Å². The van der Waals surface area contributed by atoms with Gasteiger partial charge in [-0.2, -0.15) is 0 Å². The summed E-state index contributed by atoms with van der Waals surface area (Å²) in [6.07, 6.45) is 1.28. The Morgan fingerprint density at radius 1 is 0.812 bits per heavy atom. The zero-order valence-electron chi connectivity index (χ0n) is 8.46. The smallest absolute Gasteiger partial charge is 0.168 e. The average molecular weight is 211 g/mol. The number of pyridine rings is 1. The Kier molecular flexibility index (Phi) is 2.87. The number of carbonyl (C=O) groups excluding carboxylic acids is 2. The Morgan fingerprint density at radius 3 is 1.88 bits per heavy atom. The standard InChI is InChI=1S/C13H9NO2/c15-8-12-6-11(7-13(9-16)14-12)10-4-2-1-3-5-10/h1-9H. The summed E-state index contributed by atoms with van der Waals surface area (Å²) >= 11 is 0. The summed E-state index contributed by atoms with van der Waals surface area (Å²) in [5, 5.41) is 0. The fourth-order valence-electron chi connectivity index (χ4n) is 1.49. The molecule has 3 heteroatoms. The largest absolute Gasteiger partial charge is 0.296 e. The Hall–Kier alpha value is -2.29. The molecule has 0 atom stereocenters. The highest BCUT2D eigenvalue weighted by Crippen LogP contribution is 2.19. The van der Waals surface area contributed by atoms with E-state index in [2.05, 4.69) is 4.98 Å². The first kappa shape index (κ1) is 10.2. The third-order valence-corrected chi connectivity index (χ3v) is 2.21. The number of carbonyl (C=O) groups is 2. The lowest BCUT2D eigenvalue weighted by atomic mass is 10.1. The summed E-state index contributed by atoms with van der Waals surface area (Å²) in [7, 11) is 0. The van der Waals surface area contributed by atoms with E-state index in [0.29, 0.717) is 12.6 Å². The van der Waals surface area contributed by atoms with Crippen LogP contribution in [0.1, 0.15) is 21.0 Å². The van der Waals surface area contributed by atoms with Crippen LogP contribution in [0.2, 0.25) is 0 Å². The van der Waals surface area contributed by atoms with Gasteiger partial charge in [-0.15, -0.1) is 0 Å². The molecule has 0 saturated carbocycles. The molecule has 0 amide bonds. The van der Waals surface area contributed by atoms with Gasteiger partial charge in [0, 0.05) is 0 Å². The molecule has 1 aromatic carbocycles. The molecule has 0 bridgehead atoms. The minimum atomic E-state index is 0.267. The molecule has 0 aliphatic heterocycles. The highest BCUT2D eigenvalue weighted by Gasteiger charge is 2.03. The van der Waals surface area contributed by atoms with Crippen LogP contribution in [0.3, 0.4) is 0 Å². The first-order chi connectivity index (χ1) is 7.83. The Bertz CT molecular complexity index is 494. The van der Waals surface area contributed by atoms with Gasteiger partial charge in [0.25, 0.3) is 0 Å². The van der Waals surface area contributed by atoms with E-state index in [1.54, 1.807) is 12.1 Å². The molecule has 1 heterocycles.